The van der Waals surface area contributed by atoms with Crippen molar-refractivity contribution in [2.75, 3.05) is 5.32 Å². The van der Waals surface area contributed by atoms with Crippen LogP contribution in [0.1, 0.15) is 20.8 Å². The standard InChI is InChI=1S/C13H17ClN2O3/c1-8(2)19-11-6-4-10(5-7-11)15-13(18)16-12(17)9(3)14/h4-9H,1-3H3,(H2,15,16,17,18). The number of rotatable bonds is 4. The topological polar surface area (TPSA) is 67.4 Å². The Balaban J connectivity index is 2.53. The summed E-state index contributed by atoms with van der Waals surface area (Å²) in [5.74, 6) is 0.172. The van der Waals surface area contributed by atoms with Crippen LogP contribution in [0.25, 0.3) is 0 Å². The number of alkyl halides is 1. The summed E-state index contributed by atoms with van der Waals surface area (Å²) >= 11 is 5.54. The Morgan fingerprint density at radius 2 is 1.74 bits per heavy atom. The molecular weight excluding hydrogens is 268 g/mol. The predicted octanol–water partition coefficient (Wildman–Crippen LogP) is 2.75. The lowest BCUT2D eigenvalue weighted by Gasteiger charge is -2.11. The molecule has 0 aliphatic heterocycles. The lowest BCUT2D eigenvalue weighted by molar-refractivity contribution is -0.119. The average molecular weight is 285 g/mol. The number of halogens is 1. The molecule has 1 atom stereocenters. The summed E-state index contributed by atoms with van der Waals surface area (Å²) in [7, 11) is 0. The Morgan fingerprint density at radius 3 is 2.21 bits per heavy atom. The minimum atomic E-state index is -0.757. The van der Waals surface area contributed by atoms with Crippen LogP contribution in [0.3, 0.4) is 0 Å². The molecule has 6 heteroatoms. The lowest BCUT2D eigenvalue weighted by atomic mass is 10.3. The predicted molar refractivity (Wildman–Crippen MR) is 74.7 cm³/mol. The number of hydrogen-bond donors (Lipinski definition) is 2. The van der Waals surface area contributed by atoms with E-state index in [1.807, 2.05) is 13.8 Å². The Labute approximate surface area is 117 Å². The molecule has 1 unspecified atom stereocenters. The number of nitrogens with one attached hydrogen (secondary N) is 2. The van der Waals surface area contributed by atoms with Crippen LogP contribution in [-0.2, 0) is 4.79 Å². The minimum Gasteiger partial charge on any atom is -0.491 e. The van der Waals surface area contributed by atoms with Gasteiger partial charge in [-0.2, -0.15) is 0 Å². The van der Waals surface area contributed by atoms with Gasteiger partial charge in [0, 0.05) is 5.69 Å². The summed E-state index contributed by atoms with van der Waals surface area (Å²) in [6.07, 6.45) is 0.0879. The number of hydrogen-bond acceptors (Lipinski definition) is 3. The summed E-state index contributed by atoms with van der Waals surface area (Å²) < 4.78 is 5.47. The molecule has 0 bridgehead atoms. The van der Waals surface area contributed by atoms with Crippen molar-refractivity contribution in [1.82, 2.24) is 5.32 Å². The largest absolute Gasteiger partial charge is 0.491 e. The van der Waals surface area contributed by atoms with Gasteiger partial charge in [0.15, 0.2) is 0 Å². The second kappa shape index (κ2) is 6.99. The van der Waals surface area contributed by atoms with Crippen molar-refractivity contribution in [2.24, 2.45) is 0 Å². The highest BCUT2D eigenvalue weighted by atomic mass is 35.5. The molecule has 0 aromatic heterocycles. The van der Waals surface area contributed by atoms with E-state index in [-0.39, 0.29) is 6.10 Å². The molecule has 0 saturated heterocycles. The van der Waals surface area contributed by atoms with Crippen LogP contribution < -0.4 is 15.4 Å². The van der Waals surface area contributed by atoms with Crippen molar-refractivity contribution in [3.05, 3.63) is 24.3 Å². The van der Waals surface area contributed by atoms with E-state index in [9.17, 15) is 9.59 Å². The zero-order chi connectivity index (χ0) is 14.4. The summed E-state index contributed by atoms with van der Waals surface area (Å²) in [4.78, 5) is 22.7. The molecule has 19 heavy (non-hydrogen) atoms. The number of imide groups is 1. The monoisotopic (exact) mass is 284 g/mol. The van der Waals surface area contributed by atoms with Gasteiger partial charge >= 0.3 is 6.03 Å². The zero-order valence-electron chi connectivity index (χ0n) is 11.1. The number of anilines is 1. The molecule has 0 spiro atoms. The number of benzene rings is 1. The van der Waals surface area contributed by atoms with Crippen LogP contribution in [0, 0.1) is 0 Å². The highest BCUT2D eigenvalue weighted by molar-refractivity contribution is 6.31. The number of ether oxygens (including phenoxy) is 1. The second-order valence-corrected chi connectivity index (χ2v) is 4.91. The molecule has 1 aromatic carbocycles. The molecule has 0 aliphatic carbocycles. The Bertz CT molecular complexity index is 444. The van der Waals surface area contributed by atoms with Crippen LogP contribution in [0.15, 0.2) is 24.3 Å². The number of carbonyl (C=O) groups excluding carboxylic acids is 2. The van der Waals surface area contributed by atoms with Crippen molar-refractivity contribution in [3.63, 3.8) is 0 Å². The van der Waals surface area contributed by atoms with E-state index >= 15 is 0 Å². The Kier molecular flexibility index (Phi) is 5.63. The first-order chi connectivity index (χ1) is 8.88. The van der Waals surface area contributed by atoms with E-state index in [0.717, 1.165) is 0 Å². The van der Waals surface area contributed by atoms with Crippen LogP contribution in [0.4, 0.5) is 10.5 Å². The van der Waals surface area contributed by atoms with Gasteiger partial charge in [-0.1, -0.05) is 0 Å². The SMILES string of the molecule is CC(C)Oc1ccc(NC(=O)NC(=O)C(C)Cl)cc1. The highest BCUT2D eigenvalue weighted by Crippen LogP contribution is 2.16. The van der Waals surface area contributed by atoms with Crippen LogP contribution in [-0.4, -0.2) is 23.4 Å². The van der Waals surface area contributed by atoms with Gasteiger partial charge in [-0.05, 0) is 45.0 Å². The summed E-state index contributed by atoms with van der Waals surface area (Å²) in [5, 5.41) is 3.89. The van der Waals surface area contributed by atoms with Crippen molar-refractivity contribution in [3.8, 4) is 5.75 Å². The van der Waals surface area contributed by atoms with Gasteiger partial charge in [-0.15, -0.1) is 11.6 Å². The second-order valence-electron chi connectivity index (χ2n) is 4.25. The molecular formula is C13H17ClN2O3. The average Bonchev–Trinajstić information content (AvgIpc) is 2.30. The van der Waals surface area contributed by atoms with Crippen molar-refractivity contribution < 1.29 is 14.3 Å². The van der Waals surface area contributed by atoms with Gasteiger partial charge in [0.25, 0.3) is 0 Å². The normalized spacial score (nSPS) is 11.8. The van der Waals surface area contributed by atoms with Gasteiger partial charge < -0.3 is 10.1 Å². The molecule has 0 heterocycles. The Morgan fingerprint density at radius 1 is 1.16 bits per heavy atom. The van der Waals surface area contributed by atoms with Crippen molar-refractivity contribution in [1.29, 1.82) is 0 Å². The maximum Gasteiger partial charge on any atom is 0.325 e. The van der Waals surface area contributed by atoms with E-state index in [4.69, 9.17) is 16.3 Å². The summed E-state index contributed by atoms with van der Waals surface area (Å²) in [6.45, 7) is 5.35. The molecule has 5 nitrogen and oxygen atoms in total. The maximum absolute atomic E-state index is 11.5. The van der Waals surface area contributed by atoms with E-state index in [1.165, 1.54) is 6.92 Å². The smallest absolute Gasteiger partial charge is 0.325 e. The van der Waals surface area contributed by atoms with Gasteiger partial charge in [-0.25, -0.2) is 4.79 Å². The third-order valence-corrected chi connectivity index (χ3v) is 2.28. The van der Waals surface area contributed by atoms with E-state index in [2.05, 4.69) is 10.6 Å². The number of carbonyl (C=O) groups is 2. The van der Waals surface area contributed by atoms with Crippen LogP contribution in [0.5, 0.6) is 5.75 Å². The van der Waals surface area contributed by atoms with Gasteiger partial charge in [0.1, 0.15) is 11.1 Å². The van der Waals surface area contributed by atoms with Gasteiger partial charge in [0.05, 0.1) is 6.10 Å². The number of urea groups is 1. The zero-order valence-corrected chi connectivity index (χ0v) is 11.8. The van der Waals surface area contributed by atoms with Gasteiger partial charge in [-0.3, -0.25) is 10.1 Å². The fourth-order valence-corrected chi connectivity index (χ4v) is 1.32. The molecule has 0 aliphatic rings. The van der Waals surface area contributed by atoms with E-state index in [1.54, 1.807) is 24.3 Å². The molecule has 0 saturated carbocycles. The van der Waals surface area contributed by atoms with Crippen LogP contribution >= 0.6 is 11.6 Å². The Hall–Kier alpha value is -1.75. The van der Waals surface area contributed by atoms with Crippen molar-refractivity contribution in [2.45, 2.75) is 32.3 Å². The van der Waals surface area contributed by atoms with E-state index in [0.29, 0.717) is 11.4 Å². The van der Waals surface area contributed by atoms with Gasteiger partial charge in [0.2, 0.25) is 5.91 Å². The first-order valence-electron chi connectivity index (χ1n) is 5.91. The summed E-state index contributed by atoms with van der Waals surface area (Å²) in [6, 6.07) is 6.23. The minimum absolute atomic E-state index is 0.0879. The molecule has 104 valence electrons. The molecule has 0 fully saturated rings. The molecule has 2 N–H and O–H groups in total. The first kappa shape index (κ1) is 15.3. The fraction of sp³-hybridized carbons (Fsp3) is 0.385. The highest BCUT2D eigenvalue weighted by Gasteiger charge is 2.12. The van der Waals surface area contributed by atoms with Crippen molar-refractivity contribution >= 4 is 29.2 Å². The van der Waals surface area contributed by atoms with Crippen LogP contribution in [0.2, 0.25) is 0 Å². The third-order valence-electron chi connectivity index (χ3n) is 2.08. The number of amides is 3. The quantitative estimate of drug-likeness (QED) is 0.836. The fourth-order valence-electron chi connectivity index (χ4n) is 1.26. The lowest BCUT2D eigenvalue weighted by Crippen LogP contribution is -2.38. The molecule has 1 aromatic rings. The van der Waals surface area contributed by atoms with E-state index < -0.39 is 17.3 Å². The first-order valence-corrected chi connectivity index (χ1v) is 6.34. The third kappa shape index (κ3) is 5.61. The summed E-state index contributed by atoms with van der Waals surface area (Å²) in [5.41, 5.74) is 0.559. The molecule has 1 rings (SSSR count). The molecule has 0 radical (unpaired) electrons. The maximum atomic E-state index is 11.5. The molecule has 3 amide bonds.